The SMILES string of the molecule is CCCCCC(=O)N1CCN(c2nc([C@H](C)CC)nc3sc4c(c23)CCCC4)CC1. The maximum Gasteiger partial charge on any atom is 0.222 e. The quantitative estimate of drug-likeness (QED) is 0.561. The van der Waals surface area contributed by atoms with Crippen LogP contribution in [-0.4, -0.2) is 47.0 Å². The van der Waals surface area contributed by atoms with Gasteiger partial charge in [-0.05, 0) is 44.1 Å². The molecule has 1 fully saturated rings. The highest BCUT2D eigenvalue weighted by molar-refractivity contribution is 7.19. The number of fused-ring (bicyclic) bond motifs is 3. The summed E-state index contributed by atoms with van der Waals surface area (Å²) in [5.41, 5.74) is 1.50. The van der Waals surface area contributed by atoms with Crippen molar-refractivity contribution in [3.63, 3.8) is 0 Å². The lowest BCUT2D eigenvalue weighted by Crippen LogP contribution is -2.49. The molecule has 0 unspecified atom stereocenters. The number of unbranched alkanes of at least 4 members (excludes halogenated alkanes) is 2. The van der Waals surface area contributed by atoms with Gasteiger partial charge in [0.25, 0.3) is 0 Å². The Labute approximate surface area is 184 Å². The summed E-state index contributed by atoms with van der Waals surface area (Å²) in [6.07, 6.45) is 9.98. The summed E-state index contributed by atoms with van der Waals surface area (Å²) in [4.78, 5) is 29.9. The molecule has 0 spiro atoms. The van der Waals surface area contributed by atoms with Crippen molar-refractivity contribution in [3.05, 3.63) is 16.3 Å². The topological polar surface area (TPSA) is 49.3 Å². The molecule has 1 saturated heterocycles. The second kappa shape index (κ2) is 9.63. The van der Waals surface area contributed by atoms with Crippen LogP contribution in [0.25, 0.3) is 10.2 Å². The maximum atomic E-state index is 12.5. The summed E-state index contributed by atoms with van der Waals surface area (Å²) in [7, 11) is 0. The number of nitrogens with zero attached hydrogens (tertiary/aromatic N) is 4. The molecule has 0 radical (unpaired) electrons. The normalized spacial score (nSPS) is 18.0. The van der Waals surface area contributed by atoms with E-state index in [4.69, 9.17) is 9.97 Å². The maximum absolute atomic E-state index is 12.5. The van der Waals surface area contributed by atoms with E-state index in [0.29, 0.717) is 18.2 Å². The number of thiophene rings is 1. The van der Waals surface area contributed by atoms with Crippen molar-refractivity contribution >= 4 is 33.3 Å². The Bertz CT molecular complexity index is 885. The number of aromatic nitrogens is 2. The molecule has 1 amide bonds. The largest absolute Gasteiger partial charge is 0.352 e. The van der Waals surface area contributed by atoms with Crippen LogP contribution in [0.15, 0.2) is 0 Å². The Morgan fingerprint density at radius 3 is 2.57 bits per heavy atom. The lowest BCUT2D eigenvalue weighted by atomic mass is 9.96. The van der Waals surface area contributed by atoms with Crippen LogP contribution in [-0.2, 0) is 17.6 Å². The molecular weight excluding hydrogens is 392 g/mol. The van der Waals surface area contributed by atoms with Crippen LogP contribution in [0.5, 0.6) is 0 Å². The Kier molecular flexibility index (Phi) is 6.91. The molecule has 2 aliphatic rings. The van der Waals surface area contributed by atoms with Crippen molar-refractivity contribution in [2.75, 3.05) is 31.1 Å². The van der Waals surface area contributed by atoms with E-state index >= 15 is 0 Å². The molecule has 1 aliphatic carbocycles. The highest BCUT2D eigenvalue weighted by Crippen LogP contribution is 2.40. The molecule has 0 N–H and O–H groups in total. The molecule has 0 bridgehead atoms. The number of hydrogen-bond acceptors (Lipinski definition) is 5. The number of amides is 1. The molecule has 2 aromatic heterocycles. The van der Waals surface area contributed by atoms with E-state index < -0.39 is 0 Å². The van der Waals surface area contributed by atoms with Gasteiger partial charge >= 0.3 is 0 Å². The molecular formula is C24H36N4OS. The molecule has 2 aromatic rings. The van der Waals surface area contributed by atoms with Gasteiger partial charge in [-0.3, -0.25) is 4.79 Å². The van der Waals surface area contributed by atoms with Crippen LogP contribution < -0.4 is 4.90 Å². The molecule has 1 aliphatic heterocycles. The standard InChI is InChI=1S/C24H36N4OS/c1-4-6-7-12-20(29)27-13-15-28(16-14-27)23-21-18-10-8-9-11-19(18)30-24(21)26-22(25-23)17(3)5-2/h17H,4-16H2,1-3H3/t17-/m1/s1. The highest BCUT2D eigenvalue weighted by atomic mass is 32.1. The fourth-order valence-corrected chi connectivity index (χ4v) is 5.90. The van der Waals surface area contributed by atoms with Crippen LogP contribution in [0.4, 0.5) is 5.82 Å². The molecule has 6 heteroatoms. The second-order valence-electron chi connectivity index (χ2n) is 8.93. The molecule has 4 rings (SSSR count). The van der Waals surface area contributed by atoms with Crippen molar-refractivity contribution < 1.29 is 4.79 Å². The zero-order chi connectivity index (χ0) is 21.1. The zero-order valence-corrected chi connectivity index (χ0v) is 19.7. The first-order chi connectivity index (χ1) is 14.6. The van der Waals surface area contributed by atoms with Gasteiger partial charge in [0.1, 0.15) is 16.5 Å². The second-order valence-corrected chi connectivity index (χ2v) is 10.0. The smallest absolute Gasteiger partial charge is 0.222 e. The Morgan fingerprint density at radius 2 is 1.83 bits per heavy atom. The van der Waals surface area contributed by atoms with Crippen LogP contribution in [0.3, 0.4) is 0 Å². The number of piperazine rings is 1. The number of aryl methyl sites for hydroxylation is 2. The summed E-state index contributed by atoms with van der Waals surface area (Å²) >= 11 is 1.89. The Balaban J connectivity index is 1.59. The number of carbonyl (C=O) groups excluding carboxylic acids is 1. The summed E-state index contributed by atoms with van der Waals surface area (Å²) in [5.74, 6) is 2.81. The molecule has 0 saturated carbocycles. The fourth-order valence-electron chi connectivity index (χ4n) is 4.64. The molecule has 1 atom stereocenters. The lowest BCUT2D eigenvalue weighted by Gasteiger charge is -2.36. The van der Waals surface area contributed by atoms with Crippen molar-refractivity contribution in [3.8, 4) is 0 Å². The molecule has 3 heterocycles. The van der Waals surface area contributed by atoms with Gasteiger partial charge in [0, 0.05) is 43.4 Å². The van der Waals surface area contributed by atoms with Gasteiger partial charge in [-0.25, -0.2) is 9.97 Å². The summed E-state index contributed by atoms with van der Waals surface area (Å²) in [6.45, 7) is 9.98. The first kappa shape index (κ1) is 21.5. The van der Waals surface area contributed by atoms with Gasteiger partial charge < -0.3 is 9.80 Å². The molecule has 164 valence electrons. The van der Waals surface area contributed by atoms with Gasteiger partial charge in [-0.15, -0.1) is 11.3 Å². The van der Waals surface area contributed by atoms with Crippen molar-refractivity contribution in [1.29, 1.82) is 0 Å². The van der Waals surface area contributed by atoms with Gasteiger partial charge in [0.05, 0.1) is 5.39 Å². The van der Waals surface area contributed by atoms with Gasteiger partial charge in [-0.2, -0.15) is 0 Å². The van der Waals surface area contributed by atoms with E-state index in [2.05, 4.69) is 30.6 Å². The number of rotatable bonds is 7. The summed E-state index contributed by atoms with van der Waals surface area (Å²) in [5, 5.41) is 1.31. The number of hydrogen-bond donors (Lipinski definition) is 0. The monoisotopic (exact) mass is 428 g/mol. The Morgan fingerprint density at radius 1 is 1.07 bits per heavy atom. The van der Waals surface area contributed by atoms with E-state index in [9.17, 15) is 4.79 Å². The predicted molar refractivity (Wildman–Crippen MR) is 126 cm³/mol. The van der Waals surface area contributed by atoms with E-state index in [-0.39, 0.29) is 0 Å². The van der Waals surface area contributed by atoms with Gasteiger partial charge in [0.15, 0.2) is 0 Å². The molecule has 30 heavy (non-hydrogen) atoms. The first-order valence-corrected chi connectivity index (χ1v) is 12.8. The third-order valence-corrected chi connectivity index (χ3v) is 7.98. The van der Waals surface area contributed by atoms with E-state index in [1.807, 2.05) is 11.3 Å². The molecule has 0 aromatic carbocycles. The van der Waals surface area contributed by atoms with Crippen molar-refractivity contribution in [2.24, 2.45) is 0 Å². The average Bonchev–Trinajstić information content (AvgIpc) is 3.16. The van der Waals surface area contributed by atoms with Gasteiger partial charge in [-0.1, -0.05) is 33.6 Å². The third kappa shape index (κ3) is 4.34. The number of carbonyl (C=O) groups is 1. The highest BCUT2D eigenvalue weighted by Gasteiger charge is 2.27. The Hall–Kier alpha value is -1.69. The summed E-state index contributed by atoms with van der Waals surface area (Å²) < 4.78 is 0. The van der Waals surface area contributed by atoms with Crippen LogP contribution in [0.2, 0.25) is 0 Å². The van der Waals surface area contributed by atoms with E-state index in [1.54, 1.807) is 0 Å². The minimum absolute atomic E-state index is 0.323. The summed E-state index contributed by atoms with van der Waals surface area (Å²) in [6, 6.07) is 0. The predicted octanol–water partition coefficient (Wildman–Crippen LogP) is 5.31. The first-order valence-electron chi connectivity index (χ1n) is 12.0. The number of anilines is 1. The van der Waals surface area contributed by atoms with Gasteiger partial charge in [0.2, 0.25) is 5.91 Å². The minimum Gasteiger partial charge on any atom is -0.352 e. The van der Waals surface area contributed by atoms with E-state index in [0.717, 1.165) is 69.9 Å². The van der Waals surface area contributed by atoms with Crippen molar-refractivity contribution in [2.45, 2.75) is 84.5 Å². The van der Waals surface area contributed by atoms with Crippen LogP contribution in [0.1, 0.15) is 87.9 Å². The molecule has 5 nitrogen and oxygen atoms in total. The van der Waals surface area contributed by atoms with Crippen molar-refractivity contribution in [1.82, 2.24) is 14.9 Å². The fraction of sp³-hybridized carbons (Fsp3) is 0.708. The van der Waals surface area contributed by atoms with Crippen LogP contribution >= 0.6 is 11.3 Å². The van der Waals surface area contributed by atoms with Crippen LogP contribution in [0, 0.1) is 0 Å². The average molecular weight is 429 g/mol. The van der Waals surface area contributed by atoms with E-state index in [1.165, 1.54) is 39.9 Å². The third-order valence-electron chi connectivity index (χ3n) is 6.79. The minimum atomic E-state index is 0.323. The zero-order valence-electron chi connectivity index (χ0n) is 18.9. The lowest BCUT2D eigenvalue weighted by molar-refractivity contribution is -0.131.